The number of fused-ring (bicyclic) bond motifs is 1. The standard InChI is InChI=1S/C21H25NO2/c23-14-18-5-1-4-15-12-16(9-10-20(15)18)21(24)17-6-3-11-22(13-17)19-7-2-8-19/h1,4-5,9-10,12,17,19,23H,2-3,6-8,11,13-14H2. The summed E-state index contributed by atoms with van der Waals surface area (Å²) in [5, 5.41) is 11.5. The number of aliphatic hydroxyl groups is 1. The zero-order valence-corrected chi connectivity index (χ0v) is 14.1. The van der Waals surface area contributed by atoms with Crippen molar-refractivity contribution in [1.82, 2.24) is 4.90 Å². The topological polar surface area (TPSA) is 40.5 Å². The van der Waals surface area contributed by atoms with Gasteiger partial charge in [-0.2, -0.15) is 0 Å². The minimum absolute atomic E-state index is 0.0314. The van der Waals surface area contributed by atoms with E-state index in [0.29, 0.717) is 0 Å². The van der Waals surface area contributed by atoms with Gasteiger partial charge in [-0.1, -0.05) is 36.8 Å². The highest BCUT2D eigenvalue weighted by Crippen LogP contribution is 2.31. The zero-order valence-electron chi connectivity index (χ0n) is 14.1. The summed E-state index contributed by atoms with van der Waals surface area (Å²) in [4.78, 5) is 15.5. The maximum atomic E-state index is 13.0. The molecule has 0 amide bonds. The van der Waals surface area contributed by atoms with Gasteiger partial charge >= 0.3 is 0 Å². The Morgan fingerprint density at radius 3 is 2.75 bits per heavy atom. The Balaban J connectivity index is 1.56. The molecule has 1 aliphatic carbocycles. The third-order valence-electron chi connectivity index (χ3n) is 5.84. The van der Waals surface area contributed by atoms with Crippen LogP contribution in [0.3, 0.4) is 0 Å². The van der Waals surface area contributed by atoms with E-state index in [-0.39, 0.29) is 18.3 Å². The van der Waals surface area contributed by atoms with E-state index in [2.05, 4.69) is 4.90 Å². The second-order valence-electron chi connectivity index (χ2n) is 7.29. The molecule has 4 rings (SSSR count). The number of rotatable bonds is 4. The number of hydrogen-bond donors (Lipinski definition) is 1. The predicted molar refractivity (Wildman–Crippen MR) is 96.1 cm³/mol. The lowest BCUT2D eigenvalue weighted by molar-refractivity contribution is 0.0612. The molecule has 0 radical (unpaired) electrons. The molecule has 2 aliphatic rings. The molecule has 1 unspecified atom stereocenters. The predicted octanol–water partition coefficient (Wildman–Crippen LogP) is 3.78. The van der Waals surface area contributed by atoms with Crippen molar-refractivity contribution in [3.05, 3.63) is 47.5 Å². The second-order valence-corrected chi connectivity index (χ2v) is 7.29. The highest BCUT2D eigenvalue weighted by molar-refractivity contribution is 6.01. The fourth-order valence-corrected chi connectivity index (χ4v) is 4.18. The van der Waals surface area contributed by atoms with Gasteiger partial charge in [0.15, 0.2) is 5.78 Å². The first kappa shape index (κ1) is 15.8. The third kappa shape index (κ3) is 2.87. The molecule has 3 nitrogen and oxygen atoms in total. The van der Waals surface area contributed by atoms with Gasteiger partial charge in [0.25, 0.3) is 0 Å². The van der Waals surface area contributed by atoms with Crippen LogP contribution in [-0.4, -0.2) is 34.9 Å². The maximum Gasteiger partial charge on any atom is 0.167 e. The van der Waals surface area contributed by atoms with Crippen LogP contribution >= 0.6 is 0 Å². The van der Waals surface area contributed by atoms with Gasteiger partial charge < -0.3 is 5.11 Å². The van der Waals surface area contributed by atoms with E-state index in [1.807, 2.05) is 36.4 Å². The molecule has 0 bridgehead atoms. The minimum atomic E-state index is 0.0314. The Labute approximate surface area is 143 Å². The van der Waals surface area contributed by atoms with E-state index in [9.17, 15) is 9.90 Å². The van der Waals surface area contributed by atoms with Crippen LogP contribution in [0.4, 0.5) is 0 Å². The molecule has 1 heterocycles. The van der Waals surface area contributed by atoms with Gasteiger partial charge in [-0.15, -0.1) is 0 Å². The van der Waals surface area contributed by atoms with Crippen LogP contribution in [0.2, 0.25) is 0 Å². The smallest absolute Gasteiger partial charge is 0.167 e. The van der Waals surface area contributed by atoms with Crippen LogP contribution < -0.4 is 0 Å². The molecule has 2 aromatic rings. The summed E-state index contributed by atoms with van der Waals surface area (Å²) in [6, 6.07) is 12.5. The van der Waals surface area contributed by atoms with Crippen LogP contribution in [0.15, 0.2) is 36.4 Å². The average molecular weight is 323 g/mol. The minimum Gasteiger partial charge on any atom is -0.392 e. The number of piperidine rings is 1. The Kier molecular flexibility index (Phi) is 4.38. The summed E-state index contributed by atoms with van der Waals surface area (Å²) >= 11 is 0. The molecule has 1 aliphatic heterocycles. The van der Waals surface area contributed by atoms with Crippen LogP contribution in [0, 0.1) is 5.92 Å². The third-order valence-corrected chi connectivity index (χ3v) is 5.84. The molecule has 1 atom stereocenters. The molecule has 2 aromatic carbocycles. The Morgan fingerprint density at radius 2 is 2.00 bits per heavy atom. The molecule has 1 saturated heterocycles. The highest BCUT2D eigenvalue weighted by Gasteiger charge is 2.32. The number of nitrogens with zero attached hydrogens (tertiary/aromatic N) is 1. The first-order valence-corrected chi connectivity index (χ1v) is 9.17. The van der Waals surface area contributed by atoms with Gasteiger partial charge in [0.05, 0.1) is 6.61 Å². The lowest BCUT2D eigenvalue weighted by atomic mass is 9.85. The van der Waals surface area contributed by atoms with Crippen LogP contribution in [0.25, 0.3) is 10.8 Å². The van der Waals surface area contributed by atoms with Gasteiger partial charge in [-0.05, 0) is 54.6 Å². The van der Waals surface area contributed by atoms with E-state index in [0.717, 1.165) is 53.9 Å². The summed E-state index contributed by atoms with van der Waals surface area (Å²) in [6.45, 7) is 2.12. The number of likely N-dealkylation sites (tertiary alicyclic amines) is 1. The lowest BCUT2D eigenvalue weighted by Crippen LogP contribution is -2.47. The Bertz CT molecular complexity index is 751. The van der Waals surface area contributed by atoms with Gasteiger partial charge in [-0.25, -0.2) is 0 Å². The van der Waals surface area contributed by atoms with Crippen molar-refractivity contribution < 1.29 is 9.90 Å². The molecule has 2 fully saturated rings. The van der Waals surface area contributed by atoms with E-state index < -0.39 is 0 Å². The van der Waals surface area contributed by atoms with Gasteiger partial charge in [-0.3, -0.25) is 9.69 Å². The fourth-order valence-electron chi connectivity index (χ4n) is 4.18. The molecular formula is C21H25NO2. The van der Waals surface area contributed by atoms with Crippen molar-refractivity contribution >= 4 is 16.6 Å². The molecule has 126 valence electrons. The van der Waals surface area contributed by atoms with E-state index in [1.54, 1.807) is 0 Å². The monoisotopic (exact) mass is 323 g/mol. The Hall–Kier alpha value is -1.71. The average Bonchev–Trinajstić information content (AvgIpc) is 2.59. The first-order chi connectivity index (χ1) is 11.8. The number of carbonyl (C=O) groups is 1. The molecule has 1 N–H and O–H groups in total. The number of Topliss-reactive ketones (excluding diaryl/α,β-unsaturated/α-hetero) is 1. The number of hydrogen-bond acceptors (Lipinski definition) is 3. The van der Waals surface area contributed by atoms with Crippen molar-refractivity contribution in [3.8, 4) is 0 Å². The molecule has 0 aromatic heterocycles. The number of aliphatic hydroxyl groups excluding tert-OH is 1. The van der Waals surface area contributed by atoms with Crippen LogP contribution in [-0.2, 0) is 6.61 Å². The molecule has 24 heavy (non-hydrogen) atoms. The van der Waals surface area contributed by atoms with E-state index >= 15 is 0 Å². The van der Waals surface area contributed by atoms with Crippen molar-refractivity contribution in [2.75, 3.05) is 13.1 Å². The largest absolute Gasteiger partial charge is 0.392 e. The van der Waals surface area contributed by atoms with Crippen molar-refractivity contribution in [2.24, 2.45) is 5.92 Å². The van der Waals surface area contributed by atoms with Crippen molar-refractivity contribution in [1.29, 1.82) is 0 Å². The van der Waals surface area contributed by atoms with Crippen LogP contribution in [0.1, 0.15) is 48.0 Å². The summed E-state index contributed by atoms with van der Waals surface area (Å²) < 4.78 is 0. The van der Waals surface area contributed by atoms with E-state index in [4.69, 9.17) is 0 Å². The first-order valence-electron chi connectivity index (χ1n) is 9.17. The highest BCUT2D eigenvalue weighted by atomic mass is 16.3. The lowest BCUT2D eigenvalue weighted by Gasteiger charge is -2.42. The van der Waals surface area contributed by atoms with Gasteiger partial charge in [0.2, 0.25) is 0 Å². The normalized spacial score (nSPS) is 22.5. The van der Waals surface area contributed by atoms with Crippen molar-refractivity contribution in [3.63, 3.8) is 0 Å². The number of benzene rings is 2. The quantitative estimate of drug-likeness (QED) is 0.871. The summed E-state index contributed by atoms with van der Waals surface area (Å²) in [6.07, 6.45) is 6.10. The van der Waals surface area contributed by atoms with Gasteiger partial charge in [0.1, 0.15) is 0 Å². The maximum absolute atomic E-state index is 13.0. The number of carbonyl (C=O) groups excluding carboxylic acids is 1. The summed E-state index contributed by atoms with van der Waals surface area (Å²) in [5.41, 5.74) is 1.73. The molecule has 3 heteroatoms. The summed E-state index contributed by atoms with van der Waals surface area (Å²) in [7, 11) is 0. The summed E-state index contributed by atoms with van der Waals surface area (Å²) in [5.74, 6) is 0.424. The molecular weight excluding hydrogens is 298 g/mol. The van der Waals surface area contributed by atoms with Gasteiger partial charge in [0, 0.05) is 24.1 Å². The van der Waals surface area contributed by atoms with Crippen molar-refractivity contribution in [2.45, 2.75) is 44.8 Å². The second kappa shape index (κ2) is 6.66. The zero-order chi connectivity index (χ0) is 16.5. The van der Waals surface area contributed by atoms with Crippen LogP contribution in [0.5, 0.6) is 0 Å². The molecule has 1 saturated carbocycles. The number of ketones is 1. The fraction of sp³-hybridized carbons (Fsp3) is 0.476. The van der Waals surface area contributed by atoms with E-state index in [1.165, 1.54) is 19.3 Å². The SMILES string of the molecule is O=C(c1ccc2c(CO)cccc2c1)C1CCCN(C2CCC2)C1. The molecule has 0 spiro atoms. The Morgan fingerprint density at radius 1 is 1.12 bits per heavy atom.